The first-order valence-electron chi connectivity index (χ1n) is 6.07. The van der Waals surface area contributed by atoms with Crippen LogP contribution in [0.2, 0.25) is 0 Å². The highest BCUT2D eigenvalue weighted by molar-refractivity contribution is 5.86. The number of rotatable bonds is 1. The van der Waals surface area contributed by atoms with Crippen LogP contribution in [0.3, 0.4) is 0 Å². The highest BCUT2D eigenvalue weighted by atomic mass is 16.2. The Balaban J connectivity index is 2.21. The first-order valence-corrected chi connectivity index (χ1v) is 6.07. The summed E-state index contributed by atoms with van der Waals surface area (Å²) in [6, 6.07) is 5.72. The standard InChI is InChI=1S/C14H16N2O2/c1-14-7-12(18)16(3)13(14)15(2)11-5-4-9(8-17)6-10(11)14/h4-6,8,13H,7H2,1-3H3/t13-,14+/m0/s1. The minimum atomic E-state index is -0.213. The van der Waals surface area contributed by atoms with Crippen molar-refractivity contribution in [3.8, 4) is 0 Å². The predicted octanol–water partition coefficient (Wildman–Crippen LogP) is 1.39. The molecule has 0 bridgehead atoms. The van der Waals surface area contributed by atoms with Gasteiger partial charge in [0.1, 0.15) is 12.5 Å². The van der Waals surface area contributed by atoms with Gasteiger partial charge in [-0.3, -0.25) is 9.59 Å². The van der Waals surface area contributed by atoms with Gasteiger partial charge in [0.25, 0.3) is 0 Å². The van der Waals surface area contributed by atoms with Gasteiger partial charge in [-0.05, 0) is 23.8 Å². The van der Waals surface area contributed by atoms with Gasteiger partial charge in [0, 0.05) is 37.2 Å². The molecule has 4 nitrogen and oxygen atoms in total. The fourth-order valence-corrected chi connectivity index (χ4v) is 3.54. The van der Waals surface area contributed by atoms with E-state index in [4.69, 9.17) is 0 Å². The Labute approximate surface area is 106 Å². The van der Waals surface area contributed by atoms with E-state index in [1.807, 2.05) is 32.3 Å². The lowest BCUT2D eigenvalue weighted by Crippen LogP contribution is -2.46. The number of likely N-dealkylation sites (N-methyl/N-ethyl adjacent to an activating group) is 2. The molecule has 2 atom stereocenters. The van der Waals surface area contributed by atoms with Crippen molar-refractivity contribution in [1.82, 2.24) is 4.90 Å². The second kappa shape index (κ2) is 3.34. The number of carbonyl (C=O) groups is 2. The Kier molecular flexibility index (Phi) is 2.09. The molecular formula is C14H16N2O2. The van der Waals surface area contributed by atoms with Crippen LogP contribution in [0.4, 0.5) is 5.69 Å². The highest BCUT2D eigenvalue weighted by Gasteiger charge is 2.55. The number of fused-ring (bicyclic) bond motifs is 3. The maximum atomic E-state index is 11.9. The summed E-state index contributed by atoms with van der Waals surface area (Å²) in [5.41, 5.74) is 2.69. The molecule has 1 fully saturated rings. The second-order valence-electron chi connectivity index (χ2n) is 5.48. The Morgan fingerprint density at radius 3 is 2.72 bits per heavy atom. The van der Waals surface area contributed by atoms with Crippen LogP contribution in [0, 0.1) is 0 Å². The summed E-state index contributed by atoms with van der Waals surface area (Å²) in [5, 5.41) is 0. The summed E-state index contributed by atoms with van der Waals surface area (Å²) in [6.45, 7) is 2.11. The van der Waals surface area contributed by atoms with Crippen molar-refractivity contribution in [2.24, 2.45) is 0 Å². The summed E-state index contributed by atoms with van der Waals surface area (Å²) in [7, 11) is 3.85. The van der Waals surface area contributed by atoms with Crippen LogP contribution >= 0.6 is 0 Å². The quantitative estimate of drug-likeness (QED) is 0.701. The molecule has 0 saturated carbocycles. The molecule has 0 aliphatic carbocycles. The van der Waals surface area contributed by atoms with Crippen molar-refractivity contribution in [2.45, 2.75) is 24.9 Å². The van der Waals surface area contributed by atoms with Gasteiger partial charge in [-0.15, -0.1) is 0 Å². The van der Waals surface area contributed by atoms with Crippen molar-refractivity contribution in [3.05, 3.63) is 29.3 Å². The average Bonchev–Trinajstić information content (AvgIpc) is 2.71. The number of carbonyl (C=O) groups excluding carboxylic acids is 2. The summed E-state index contributed by atoms with van der Waals surface area (Å²) in [4.78, 5) is 26.8. The summed E-state index contributed by atoms with van der Waals surface area (Å²) >= 11 is 0. The van der Waals surface area contributed by atoms with Gasteiger partial charge in [0.05, 0.1) is 0 Å². The molecule has 1 saturated heterocycles. The van der Waals surface area contributed by atoms with Gasteiger partial charge in [-0.25, -0.2) is 0 Å². The third-order valence-corrected chi connectivity index (χ3v) is 4.37. The number of amides is 1. The van der Waals surface area contributed by atoms with E-state index in [1.165, 1.54) is 0 Å². The lowest BCUT2D eigenvalue weighted by molar-refractivity contribution is -0.127. The molecule has 1 aromatic rings. The van der Waals surface area contributed by atoms with E-state index in [0.717, 1.165) is 17.5 Å². The monoisotopic (exact) mass is 244 g/mol. The van der Waals surface area contributed by atoms with Crippen LogP contribution in [0.1, 0.15) is 29.3 Å². The minimum Gasteiger partial charge on any atom is -0.353 e. The van der Waals surface area contributed by atoms with Crippen LogP contribution in [0.25, 0.3) is 0 Å². The van der Waals surface area contributed by atoms with E-state index >= 15 is 0 Å². The minimum absolute atomic E-state index is 0.0573. The van der Waals surface area contributed by atoms with Crippen LogP contribution in [0.15, 0.2) is 18.2 Å². The third-order valence-electron chi connectivity index (χ3n) is 4.37. The number of likely N-dealkylation sites (tertiary alicyclic amines) is 1. The Bertz CT molecular complexity index is 555. The smallest absolute Gasteiger partial charge is 0.225 e. The normalized spacial score (nSPS) is 29.5. The van der Waals surface area contributed by atoms with Crippen molar-refractivity contribution in [3.63, 3.8) is 0 Å². The van der Waals surface area contributed by atoms with E-state index in [2.05, 4.69) is 11.8 Å². The fraction of sp³-hybridized carbons (Fsp3) is 0.429. The summed E-state index contributed by atoms with van der Waals surface area (Å²) < 4.78 is 0. The lowest BCUT2D eigenvalue weighted by Gasteiger charge is -2.32. The van der Waals surface area contributed by atoms with E-state index in [1.54, 1.807) is 4.90 Å². The molecule has 1 amide bonds. The molecule has 0 N–H and O–H groups in total. The van der Waals surface area contributed by atoms with Crippen molar-refractivity contribution < 1.29 is 9.59 Å². The molecule has 2 aliphatic heterocycles. The average molecular weight is 244 g/mol. The molecule has 0 radical (unpaired) electrons. The number of anilines is 1. The fourth-order valence-electron chi connectivity index (χ4n) is 3.54. The van der Waals surface area contributed by atoms with E-state index < -0.39 is 0 Å². The first kappa shape index (κ1) is 11.3. The van der Waals surface area contributed by atoms with Gasteiger partial charge in [0.15, 0.2) is 0 Å². The maximum absolute atomic E-state index is 11.9. The van der Waals surface area contributed by atoms with Gasteiger partial charge in [0.2, 0.25) is 5.91 Å². The number of nitrogens with zero attached hydrogens (tertiary/aromatic N) is 2. The topological polar surface area (TPSA) is 40.6 Å². The molecule has 0 spiro atoms. The van der Waals surface area contributed by atoms with Crippen LogP contribution < -0.4 is 4.90 Å². The zero-order valence-electron chi connectivity index (χ0n) is 10.8. The largest absolute Gasteiger partial charge is 0.353 e. The first-order chi connectivity index (χ1) is 8.49. The van der Waals surface area contributed by atoms with Crippen molar-refractivity contribution >= 4 is 17.9 Å². The summed E-state index contributed by atoms with van der Waals surface area (Å²) in [5.74, 6) is 0.163. The molecule has 3 rings (SSSR count). The van der Waals surface area contributed by atoms with Gasteiger partial charge in [-0.2, -0.15) is 0 Å². The van der Waals surface area contributed by atoms with E-state index in [0.29, 0.717) is 12.0 Å². The number of hydrogen-bond acceptors (Lipinski definition) is 3. The van der Waals surface area contributed by atoms with Gasteiger partial charge < -0.3 is 9.80 Å². The van der Waals surface area contributed by atoms with E-state index in [9.17, 15) is 9.59 Å². The lowest BCUT2D eigenvalue weighted by atomic mass is 9.81. The molecule has 4 heteroatoms. The number of aldehydes is 1. The van der Waals surface area contributed by atoms with Crippen LogP contribution in [0.5, 0.6) is 0 Å². The molecule has 94 valence electrons. The Morgan fingerprint density at radius 1 is 1.33 bits per heavy atom. The van der Waals surface area contributed by atoms with Crippen LogP contribution in [-0.4, -0.2) is 37.4 Å². The zero-order chi connectivity index (χ0) is 13.1. The molecule has 0 aromatic heterocycles. The second-order valence-corrected chi connectivity index (χ2v) is 5.48. The molecule has 1 aromatic carbocycles. The molecule has 0 unspecified atom stereocenters. The van der Waals surface area contributed by atoms with Gasteiger partial charge >= 0.3 is 0 Å². The molecule has 2 aliphatic rings. The summed E-state index contributed by atoms with van der Waals surface area (Å²) in [6.07, 6.45) is 1.42. The number of hydrogen-bond donors (Lipinski definition) is 0. The maximum Gasteiger partial charge on any atom is 0.225 e. The van der Waals surface area contributed by atoms with Crippen molar-refractivity contribution in [1.29, 1.82) is 0 Å². The highest BCUT2D eigenvalue weighted by Crippen LogP contribution is 2.51. The Hall–Kier alpha value is -1.84. The van der Waals surface area contributed by atoms with E-state index in [-0.39, 0.29) is 17.5 Å². The molecule has 18 heavy (non-hydrogen) atoms. The SMILES string of the molecule is CN1C(=O)C[C@]2(C)c3cc(C=O)ccc3N(C)[C@@H]12. The predicted molar refractivity (Wildman–Crippen MR) is 68.8 cm³/mol. The Morgan fingerprint density at radius 2 is 2.06 bits per heavy atom. The van der Waals surface area contributed by atoms with Crippen molar-refractivity contribution in [2.75, 3.05) is 19.0 Å². The van der Waals surface area contributed by atoms with Crippen LogP contribution in [-0.2, 0) is 10.2 Å². The number of benzene rings is 1. The third kappa shape index (κ3) is 1.15. The zero-order valence-corrected chi connectivity index (χ0v) is 10.8. The molecule has 2 heterocycles. The molecular weight excluding hydrogens is 228 g/mol. The van der Waals surface area contributed by atoms with Gasteiger partial charge in [-0.1, -0.05) is 6.92 Å².